The molecule has 6 nitrogen and oxygen atoms in total. The van der Waals surface area contributed by atoms with Crippen LogP contribution in [0.4, 0.5) is 0 Å². The largest absolute Gasteiger partial charge is 0.462 e. The Morgan fingerprint density at radius 2 is 0.500 bits per heavy atom. The van der Waals surface area contributed by atoms with Crippen LogP contribution >= 0.6 is 0 Å². The summed E-state index contributed by atoms with van der Waals surface area (Å²) in [5, 5.41) is 0. The molecule has 0 amide bonds. The minimum absolute atomic E-state index is 0.0842. The number of hydrogen-bond acceptors (Lipinski definition) is 6. The summed E-state index contributed by atoms with van der Waals surface area (Å²) in [6.45, 7) is 6.55. The molecule has 6 heteroatoms. The zero-order valence-corrected chi connectivity index (χ0v) is 52.2. The first-order valence-corrected chi connectivity index (χ1v) is 34.3. The number of allylic oxidation sites excluding steroid dienone is 10. The number of esters is 3. The Balaban J connectivity index is 4.32. The second-order valence-electron chi connectivity index (χ2n) is 23.1. The van der Waals surface area contributed by atoms with Crippen LogP contribution < -0.4 is 0 Å². The second-order valence-corrected chi connectivity index (χ2v) is 23.1. The van der Waals surface area contributed by atoms with Crippen LogP contribution in [0, 0.1) is 0 Å². The maximum atomic E-state index is 12.9. The summed E-state index contributed by atoms with van der Waals surface area (Å²) in [7, 11) is 0. The maximum Gasteiger partial charge on any atom is 0.306 e. The Labute approximate surface area is 485 Å². The third kappa shape index (κ3) is 63.9. The molecule has 0 aromatic heterocycles. The molecule has 0 aromatic carbocycles. The molecule has 0 N–H and O–H groups in total. The van der Waals surface area contributed by atoms with Crippen molar-refractivity contribution < 1.29 is 28.6 Å². The monoisotopic (exact) mass is 1090 g/mol. The molecule has 0 aromatic rings. The predicted octanol–water partition coefficient (Wildman–Crippen LogP) is 23.5. The maximum absolute atomic E-state index is 12.9. The second kappa shape index (κ2) is 66.6. The van der Waals surface area contributed by atoms with Gasteiger partial charge in [-0.3, -0.25) is 14.4 Å². The van der Waals surface area contributed by atoms with Crippen molar-refractivity contribution in [3.63, 3.8) is 0 Å². The molecule has 0 saturated heterocycles. The van der Waals surface area contributed by atoms with Crippen LogP contribution in [0.1, 0.15) is 361 Å². The number of unbranched alkanes of at least 4 members (excludes halogenated alkanes) is 42. The third-order valence-electron chi connectivity index (χ3n) is 15.3. The fraction of sp³-hybridized carbons (Fsp3) is 0.819. The minimum atomic E-state index is -0.791. The van der Waals surface area contributed by atoms with Gasteiger partial charge in [-0.2, -0.15) is 0 Å². The molecular formula is C72H130O6. The molecule has 0 rings (SSSR count). The van der Waals surface area contributed by atoms with Gasteiger partial charge in [-0.05, 0) is 83.5 Å². The van der Waals surface area contributed by atoms with E-state index in [1.54, 1.807) is 0 Å². The first kappa shape index (κ1) is 75.1. The van der Waals surface area contributed by atoms with Gasteiger partial charge < -0.3 is 14.2 Å². The number of ether oxygens (including phenoxy) is 3. The van der Waals surface area contributed by atoms with Gasteiger partial charge in [0.25, 0.3) is 0 Å². The van der Waals surface area contributed by atoms with Crippen LogP contribution in [0.15, 0.2) is 60.8 Å². The van der Waals surface area contributed by atoms with Gasteiger partial charge in [-0.1, -0.05) is 319 Å². The van der Waals surface area contributed by atoms with Gasteiger partial charge in [0, 0.05) is 19.3 Å². The van der Waals surface area contributed by atoms with E-state index in [-0.39, 0.29) is 31.1 Å². The van der Waals surface area contributed by atoms with E-state index in [1.807, 2.05) is 0 Å². The Morgan fingerprint density at radius 1 is 0.269 bits per heavy atom. The number of carbonyl (C=O) groups excluding carboxylic acids is 3. The summed E-state index contributed by atoms with van der Waals surface area (Å²) < 4.78 is 16.9. The van der Waals surface area contributed by atoms with E-state index in [9.17, 15) is 14.4 Å². The molecule has 0 aliphatic heterocycles. The highest BCUT2D eigenvalue weighted by Gasteiger charge is 2.19. The Morgan fingerprint density at radius 3 is 0.821 bits per heavy atom. The Kier molecular flexibility index (Phi) is 64.2. The van der Waals surface area contributed by atoms with Crippen molar-refractivity contribution >= 4 is 17.9 Å². The molecule has 78 heavy (non-hydrogen) atoms. The molecule has 0 spiro atoms. The lowest BCUT2D eigenvalue weighted by atomic mass is 10.0. The van der Waals surface area contributed by atoms with E-state index < -0.39 is 6.10 Å². The lowest BCUT2D eigenvalue weighted by molar-refractivity contribution is -0.167. The highest BCUT2D eigenvalue weighted by atomic mass is 16.6. The lowest BCUT2D eigenvalue weighted by Gasteiger charge is -2.18. The molecule has 0 bridgehead atoms. The van der Waals surface area contributed by atoms with Crippen molar-refractivity contribution in [2.24, 2.45) is 0 Å². The van der Waals surface area contributed by atoms with Crippen LogP contribution in [0.2, 0.25) is 0 Å². The van der Waals surface area contributed by atoms with Gasteiger partial charge in [-0.25, -0.2) is 0 Å². The highest BCUT2D eigenvalue weighted by molar-refractivity contribution is 5.71. The van der Waals surface area contributed by atoms with Crippen LogP contribution in [-0.2, 0) is 28.6 Å². The van der Waals surface area contributed by atoms with Crippen molar-refractivity contribution in [1.82, 2.24) is 0 Å². The van der Waals surface area contributed by atoms with E-state index in [0.29, 0.717) is 19.3 Å². The van der Waals surface area contributed by atoms with Crippen LogP contribution in [0.3, 0.4) is 0 Å². The highest BCUT2D eigenvalue weighted by Crippen LogP contribution is 2.18. The smallest absolute Gasteiger partial charge is 0.306 e. The van der Waals surface area contributed by atoms with Crippen molar-refractivity contribution in [2.75, 3.05) is 13.2 Å². The molecule has 454 valence electrons. The van der Waals surface area contributed by atoms with Gasteiger partial charge in [0.2, 0.25) is 0 Å². The van der Waals surface area contributed by atoms with Crippen LogP contribution in [0.25, 0.3) is 0 Å². The summed E-state index contributed by atoms with van der Waals surface area (Å²) in [6.07, 6.45) is 85.4. The molecule has 1 unspecified atom stereocenters. The fourth-order valence-electron chi connectivity index (χ4n) is 10.1. The molecule has 0 aliphatic carbocycles. The quantitative estimate of drug-likeness (QED) is 0.0261. The first-order chi connectivity index (χ1) is 38.5. The molecule has 0 heterocycles. The summed E-state index contributed by atoms with van der Waals surface area (Å²) in [6, 6.07) is 0. The molecular weight excluding hydrogens is 961 g/mol. The molecule has 1 atom stereocenters. The average molecular weight is 1090 g/mol. The molecule has 0 radical (unpaired) electrons. The zero-order chi connectivity index (χ0) is 56.4. The van der Waals surface area contributed by atoms with Gasteiger partial charge in [0.15, 0.2) is 6.10 Å². The third-order valence-corrected chi connectivity index (χ3v) is 15.3. The van der Waals surface area contributed by atoms with E-state index in [2.05, 4.69) is 81.5 Å². The SMILES string of the molecule is CC/C=C\C/C=C\C/C=C\C/C=C\CCCCC(=O)OCC(COC(=O)CCCCCCCCCCCCC/C=C\CCCCCCCCCC)OC(=O)CCCCCCCCCCCCCCCCCCCCCCCC. The van der Waals surface area contributed by atoms with Gasteiger partial charge in [-0.15, -0.1) is 0 Å². The number of carbonyl (C=O) groups is 3. The Hall–Kier alpha value is -2.89. The van der Waals surface area contributed by atoms with E-state index >= 15 is 0 Å². The van der Waals surface area contributed by atoms with Crippen molar-refractivity contribution in [1.29, 1.82) is 0 Å². The van der Waals surface area contributed by atoms with Gasteiger partial charge in [0.1, 0.15) is 13.2 Å². The average Bonchev–Trinajstić information content (AvgIpc) is 3.44. The first-order valence-electron chi connectivity index (χ1n) is 34.3. The van der Waals surface area contributed by atoms with Crippen molar-refractivity contribution in [2.45, 2.75) is 367 Å². The predicted molar refractivity (Wildman–Crippen MR) is 339 cm³/mol. The number of rotatable bonds is 63. The van der Waals surface area contributed by atoms with Crippen molar-refractivity contribution in [3.05, 3.63) is 60.8 Å². The molecule has 0 aliphatic rings. The summed E-state index contributed by atoms with van der Waals surface area (Å²) in [5.74, 6) is -0.906. The molecule has 0 fully saturated rings. The fourth-order valence-corrected chi connectivity index (χ4v) is 10.1. The molecule has 0 saturated carbocycles. The lowest BCUT2D eigenvalue weighted by Crippen LogP contribution is -2.30. The van der Waals surface area contributed by atoms with E-state index in [0.717, 1.165) is 83.5 Å². The van der Waals surface area contributed by atoms with E-state index in [1.165, 1.54) is 238 Å². The van der Waals surface area contributed by atoms with E-state index in [4.69, 9.17) is 14.2 Å². The minimum Gasteiger partial charge on any atom is -0.462 e. The topological polar surface area (TPSA) is 78.9 Å². The van der Waals surface area contributed by atoms with Crippen LogP contribution in [-0.4, -0.2) is 37.2 Å². The normalized spacial score (nSPS) is 12.4. The Bertz CT molecular complexity index is 1390. The standard InChI is InChI=1S/C72H130O6/c1-4-7-10-13-16-19-22-25-28-30-32-34-36-38-39-41-44-47-50-53-56-59-62-65-71(74)77-68-69(67-76-70(73)64-61-58-55-52-49-46-43-27-24-21-18-15-12-9-6-3)78-72(75)66-63-60-57-54-51-48-45-42-40-37-35-33-31-29-26-23-20-17-14-11-8-5-2/h9,12,18,21,27,30,32,43,49,52,69H,4-8,10-11,13-17,19-20,22-26,28-29,31,33-42,44-48,50-51,53-68H2,1-3H3/b12-9-,21-18-,32-30-,43-27-,52-49-. The summed E-state index contributed by atoms with van der Waals surface area (Å²) in [5.41, 5.74) is 0. The number of hydrogen-bond donors (Lipinski definition) is 0. The van der Waals surface area contributed by atoms with Gasteiger partial charge >= 0.3 is 17.9 Å². The van der Waals surface area contributed by atoms with Gasteiger partial charge in [0.05, 0.1) is 0 Å². The summed E-state index contributed by atoms with van der Waals surface area (Å²) in [4.78, 5) is 38.4. The summed E-state index contributed by atoms with van der Waals surface area (Å²) >= 11 is 0. The van der Waals surface area contributed by atoms with Crippen LogP contribution in [0.5, 0.6) is 0 Å². The van der Waals surface area contributed by atoms with Crippen molar-refractivity contribution in [3.8, 4) is 0 Å². The zero-order valence-electron chi connectivity index (χ0n) is 52.2.